The van der Waals surface area contributed by atoms with Crippen LogP contribution in [0, 0.1) is 5.92 Å². The Morgan fingerprint density at radius 1 is 1.04 bits per heavy atom. The van der Waals surface area contributed by atoms with Gasteiger partial charge in [0.1, 0.15) is 0 Å². The molecule has 2 aliphatic rings. The summed E-state index contributed by atoms with van der Waals surface area (Å²) in [6.07, 6.45) is 6.09. The van der Waals surface area contributed by atoms with Gasteiger partial charge in [-0.2, -0.15) is 11.3 Å². The molecule has 0 saturated carbocycles. The van der Waals surface area contributed by atoms with Crippen LogP contribution in [0.4, 0.5) is 0 Å². The van der Waals surface area contributed by atoms with Crippen LogP contribution in [0.1, 0.15) is 55.3 Å². The number of rotatable bonds is 6. The van der Waals surface area contributed by atoms with Gasteiger partial charge in [0.05, 0.1) is 0 Å². The van der Waals surface area contributed by atoms with E-state index in [2.05, 4.69) is 5.32 Å². The second kappa shape index (κ2) is 9.88. The monoisotopic (exact) mass is 391 g/mol. The number of carbonyl (C=O) groups excluding carboxylic acids is 3. The van der Waals surface area contributed by atoms with Crippen molar-refractivity contribution in [1.29, 1.82) is 0 Å². The average molecular weight is 392 g/mol. The van der Waals surface area contributed by atoms with Crippen LogP contribution in [0.15, 0.2) is 16.8 Å². The van der Waals surface area contributed by atoms with E-state index in [1.807, 2.05) is 20.6 Å². The van der Waals surface area contributed by atoms with Gasteiger partial charge in [-0.05, 0) is 50.0 Å². The van der Waals surface area contributed by atoms with Crippen molar-refractivity contribution in [3.8, 4) is 0 Å². The quantitative estimate of drug-likeness (QED) is 0.758. The van der Waals surface area contributed by atoms with E-state index in [-0.39, 0.29) is 23.6 Å². The number of nitrogens with zero attached hydrogens (tertiary/aromatic N) is 2. The molecule has 2 saturated heterocycles. The standard InChI is InChI=1S/C20H29N3O3S/c24-18(5-4-9-21-19(25)17-8-14-27-15-17)22-12-6-16(7-13-22)20(26)23-10-2-1-3-11-23/h8,14-16H,1-7,9-13H2,(H,21,25). The van der Waals surface area contributed by atoms with Gasteiger partial charge in [0.2, 0.25) is 11.8 Å². The summed E-state index contributed by atoms with van der Waals surface area (Å²) >= 11 is 1.49. The Morgan fingerprint density at radius 2 is 1.78 bits per heavy atom. The van der Waals surface area contributed by atoms with E-state index in [4.69, 9.17) is 0 Å². The van der Waals surface area contributed by atoms with E-state index < -0.39 is 0 Å². The van der Waals surface area contributed by atoms with E-state index in [1.54, 1.807) is 6.07 Å². The second-order valence-corrected chi connectivity index (χ2v) is 8.19. The summed E-state index contributed by atoms with van der Waals surface area (Å²) in [4.78, 5) is 40.7. The first-order valence-electron chi connectivity index (χ1n) is 10.0. The number of carbonyl (C=O) groups is 3. The van der Waals surface area contributed by atoms with Crippen LogP contribution in [0.25, 0.3) is 0 Å². The van der Waals surface area contributed by atoms with E-state index in [0.29, 0.717) is 38.0 Å². The number of likely N-dealkylation sites (tertiary alicyclic amines) is 2. The second-order valence-electron chi connectivity index (χ2n) is 7.41. The predicted octanol–water partition coefficient (Wildman–Crippen LogP) is 2.51. The maximum atomic E-state index is 12.6. The largest absolute Gasteiger partial charge is 0.352 e. The molecule has 0 aliphatic carbocycles. The Kier molecular flexibility index (Phi) is 7.26. The Balaban J connectivity index is 1.32. The summed E-state index contributed by atoms with van der Waals surface area (Å²) in [5.74, 6) is 0.416. The maximum absolute atomic E-state index is 12.6. The number of thiophene rings is 1. The minimum Gasteiger partial charge on any atom is -0.352 e. The van der Waals surface area contributed by atoms with Crippen molar-refractivity contribution < 1.29 is 14.4 Å². The number of piperidine rings is 2. The molecule has 3 rings (SSSR count). The highest BCUT2D eigenvalue weighted by molar-refractivity contribution is 7.08. The molecule has 148 valence electrons. The lowest BCUT2D eigenvalue weighted by Gasteiger charge is -2.35. The Morgan fingerprint density at radius 3 is 2.44 bits per heavy atom. The molecule has 2 fully saturated rings. The third kappa shape index (κ3) is 5.54. The Bertz CT molecular complexity index is 633. The van der Waals surface area contributed by atoms with Gasteiger partial charge < -0.3 is 15.1 Å². The van der Waals surface area contributed by atoms with Crippen LogP contribution < -0.4 is 5.32 Å². The third-order valence-corrected chi connectivity index (χ3v) is 6.18. The first kappa shape index (κ1) is 19.9. The normalized spacial score (nSPS) is 18.4. The Labute approximate surface area is 164 Å². The summed E-state index contributed by atoms with van der Waals surface area (Å²) < 4.78 is 0. The van der Waals surface area contributed by atoms with Crippen LogP contribution in [0.5, 0.6) is 0 Å². The highest BCUT2D eigenvalue weighted by atomic mass is 32.1. The van der Waals surface area contributed by atoms with E-state index in [1.165, 1.54) is 17.8 Å². The lowest BCUT2D eigenvalue weighted by atomic mass is 9.94. The van der Waals surface area contributed by atoms with Crippen molar-refractivity contribution in [3.63, 3.8) is 0 Å². The topological polar surface area (TPSA) is 69.7 Å². The van der Waals surface area contributed by atoms with Gasteiger partial charge in [-0.15, -0.1) is 0 Å². The summed E-state index contributed by atoms with van der Waals surface area (Å²) in [6.45, 7) is 3.64. The van der Waals surface area contributed by atoms with Gasteiger partial charge in [-0.3, -0.25) is 14.4 Å². The van der Waals surface area contributed by atoms with Gasteiger partial charge in [0.25, 0.3) is 5.91 Å². The molecule has 0 spiro atoms. The van der Waals surface area contributed by atoms with Crippen molar-refractivity contribution in [2.75, 3.05) is 32.7 Å². The lowest BCUT2D eigenvalue weighted by Crippen LogP contribution is -2.45. The molecule has 0 bridgehead atoms. The minimum atomic E-state index is -0.0826. The summed E-state index contributed by atoms with van der Waals surface area (Å²) in [6, 6.07) is 1.79. The molecule has 7 heteroatoms. The molecule has 2 aliphatic heterocycles. The van der Waals surface area contributed by atoms with Crippen LogP contribution in [0.3, 0.4) is 0 Å². The zero-order valence-corrected chi connectivity index (χ0v) is 16.6. The molecule has 1 N–H and O–H groups in total. The molecule has 0 atom stereocenters. The van der Waals surface area contributed by atoms with Crippen LogP contribution in [-0.2, 0) is 9.59 Å². The van der Waals surface area contributed by atoms with Gasteiger partial charge in [-0.1, -0.05) is 0 Å². The summed E-state index contributed by atoms with van der Waals surface area (Å²) in [5, 5.41) is 6.54. The molecule has 3 amide bonds. The Hall–Kier alpha value is -1.89. The van der Waals surface area contributed by atoms with E-state index >= 15 is 0 Å². The van der Waals surface area contributed by atoms with E-state index in [0.717, 1.165) is 38.8 Å². The van der Waals surface area contributed by atoms with Crippen molar-refractivity contribution in [3.05, 3.63) is 22.4 Å². The molecule has 1 aromatic rings. The zero-order chi connectivity index (χ0) is 19.1. The minimum absolute atomic E-state index is 0.0806. The van der Waals surface area contributed by atoms with Gasteiger partial charge in [-0.25, -0.2) is 0 Å². The predicted molar refractivity (Wildman–Crippen MR) is 106 cm³/mol. The highest BCUT2D eigenvalue weighted by Gasteiger charge is 2.30. The lowest BCUT2D eigenvalue weighted by molar-refractivity contribution is -0.141. The molecule has 6 nitrogen and oxygen atoms in total. The van der Waals surface area contributed by atoms with Crippen LogP contribution in [-0.4, -0.2) is 60.2 Å². The fourth-order valence-electron chi connectivity index (χ4n) is 3.84. The third-order valence-electron chi connectivity index (χ3n) is 5.50. The van der Waals surface area contributed by atoms with Crippen molar-refractivity contribution >= 4 is 29.1 Å². The van der Waals surface area contributed by atoms with Crippen molar-refractivity contribution in [2.45, 2.75) is 44.9 Å². The first-order chi connectivity index (χ1) is 13.1. The molecule has 3 heterocycles. The fourth-order valence-corrected chi connectivity index (χ4v) is 4.48. The van der Waals surface area contributed by atoms with Gasteiger partial charge in [0.15, 0.2) is 0 Å². The summed E-state index contributed by atoms with van der Waals surface area (Å²) in [5.41, 5.74) is 0.673. The summed E-state index contributed by atoms with van der Waals surface area (Å²) in [7, 11) is 0. The highest BCUT2D eigenvalue weighted by Crippen LogP contribution is 2.22. The SMILES string of the molecule is O=C(NCCCC(=O)N1CCC(C(=O)N2CCCCC2)CC1)c1ccsc1. The molecule has 27 heavy (non-hydrogen) atoms. The molecule has 1 aromatic heterocycles. The number of hydrogen-bond acceptors (Lipinski definition) is 4. The number of nitrogens with one attached hydrogen (secondary N) is 1. The molecule has 0 radical (unpaired) electrons. The molecule has 0 aromatic carbocycles. The number of amides is 3. The van der Waals surface area contributed by atoms with Gasteiger partial charge >= 0.3 is 0 Å². The molecular weight excluding hydrogens is 362 g/mol. The molecular formula is C20H29N3O3S. The molecule has 0 unspecified atom stereocenters. The van der Waals surface area contributed by atoms with Gasteiger partial charge in [0, 0.05) is 56.0 Å². The zero-order valence-electron chi connectivity index (χ0n) is 15.8. The van der Waals surface area contributed by atoms with Crippen molar-refractivity contribution in [2.24, 2.45) is 5.92 Å². The van der Waals surface area contributed by atoms with Crippen molar-refractivity contribution in [1.82, 2.24) is 15.1 Å². The fraction of sp³-hybridized carbons (Fsp3) is 0.650. The van der Waals surface area contributed by atoms with Crippen LogP contribution in [0.2, 0.25) is 0 Å². The smallest absolute Gasteiger partial charge is 0.252 e. The number of hydrogen-bond donors (Lipinski definition) is 1. The average Bonchev–Trinajstić information content (AvgIpc) is 3.26. The van der Waals surface area contributed by atoms with Crippen LogP contribution >= 0.6 is 11.3 Å². The first-order valence-corrected chi connectivity index (χ1v) is 11.0. The van der Waals surface area contributed by atoms with E-state index in [9.17, 15) is 14.4 Å². The maximum Gasteiger partial charge on any atom is 0.252 e.